The minimum absolute atomic E-state index is 0.121. The first-order valence-electron chi connectivity index (χ1n) is 14.2. The molecule has 6 rings (SSSR count). The third-order valence-corrected chi connectivity index (χ3v) is 8.42. The Hall–Kier alpha value is -5.00. The number of amides is 2. The summed E-state index contributed by atoms with van der Waals surface area (Å²) >= 11 is 12.3. The number of benzene rings is 3. The molecule has 3 aromatic carbocycles. The smallest absolute Gasteiger partial charge is 0.263 e. The molecule has 228 valence electrons. The van der Waals surface area contributed by atoms with Crippen molar-refractivity contribution in [3.8, 4) is 11.4 Å². The average Bonchev–Trinajstić information content (AvgIpc) is 3.54. The molecule has 1 aliphatic heterocycles. The number of carbonyl (C=O) groups is 2. The molecular weight excluding hydrogens is 615 g/mol. The topological polar surface area (TPSA) is 127 Å². The monoisotopic (exact) mass is 642 g/mol. The second-order valence-electron chi connectivity index (χ2n) is 10.5. The van der Waals surface area contributed by atoms with Gasteiger partial charge in [-0.2, -0.15) is 5.10 Å². The van der Waals surface area contributed by atoms with E-state index < -0.39 is 0 Å². The highest BCUT2D eigenvalue weighted by Gasteiger charge is 2.32. The van der Waals surface area contributed by atoms with E-state index in [9.17, 15) is 14.4 Å². The quantitative estimate of drug-likeness (QED) is 0.264. The lowest BCUT2D eigenvalue weighted by Crippen LogP contribution is -2.46. The van der Waals surface area contributed by atoms with Crippen LogP contribution in [0.1, 0.15) is 44.7 Å². The average molecular weight is 644 g/mol. The molecule has 1 atom stereocenters. The van der Waals surface area contributed by atoms with Gasteiger partial charge in [0.15, 0.2) is 5.82 Å². The lowest BCUT2D eigenvalue weighted by Gasteiger charge is -2.34. The normalized spacial score (nSPS) is 14.1. The fraction of sp³-hybridized carbons (Fsp3) is 0.188. The number of rotatable bonds is 7. The zero-order valence-electron chi connectivity index (χ0n) is 24.4. The van der Waals surface area contributed by atoms with Crippen molar-refractivity contribution in [1.82, 2.24) is 34.5 Å². The standard InChI is InChI=1S/C32H28Cl2N8O3/c1-19-14-24-27(17-40(19)30(44)21-10-13-25(33)26(34)15-21)39-32(36-16-28-37-18-38-42(28)23-6-4-3-5-7-23)41(31(24)45)22-11-8-20(9-12-22)29(43)35-2/h3-13,15,18-19H,14,16-17H2,1-2H3,(H,35,43)(H,36,39)/t19-/m1/s1. The SMILES string of the molecule is CNC(=O)c1ccc(-n2c(NCc3ncnn3-c3ccccc3)nc3c(c2=O)C[C@@H](C)N(C(=O)c2ccc(Cl)c(Cl)c2)C3)cc1. The Bertz CT molecular complexity index is 1960. The maximum absolute atomic E-state index is 14.2. The molecule has 0 radical (unpaired) electrons. The molecule has 0 spiro atoms. The summed E-state index contributed by atoms with van der Waals surface area (Å²) in [6.45, 7) is 2.21. The maximum Gasteiger partial charge on any atom is 0.263 e. The van der Waals surface area contributed by atoms with Crippen molar-refractivity contribution in [1.29, 1.82) is 0 Å². The van der Waals surface area contributed by atoms with E-state index in [1.807, 2.05) is 37.3 Å². The molecule has 45 heavy (non-hydrogen) atoms. The van der Waals surface area contributed by atoms with E-state index in [0.717, 1.165) is 5.69 Å². The van der Waals surface area contributed by atoms with Crippen molar-refractivity contribution in [3.63, 3.8) is 0 Å². The summed E-state index contributed by atoms with van der Waals surface area (Å²) in [5, 5.41) is 10.9. The Morgan fingerprint density at radius 3 is 2.40 bits per heavy atom. The summed E-state index contributed by atoms with van der Waals surface area (Å²) in [5.41, 5.74) is 2.92. The van der Waals surface area contributed by atoms with E-state index >= 15 is 0 Å². The number of hydrogen-bond acceptors (Lipinski definition) is 7. The molecule has 2 amide bonds. The first kappa shape index (κ1) is 30.0. The summed E-state index contributed by atoms with van der Waals surface area (Å²) in [5.74, 6) is 0.370. The van der Waals surface area contributed by atoms with Gasteiger partial charge in [-0.1, -0.05) is 41.4 Å². The zero-order chi connectivity index (χ0) is 31.7. The number of nitrogens with zero attached hydrogens (tertiary/aromatic N) is 6. The molecule has 1 aliphatic rings. The number of hydrogen-bond donors (Lipinski definition) is 2. The predicted molar refractivity (Wildman–Crippen MR) is 171 cm³/mol. The highest BCUT2D eigenvalue weighted by atomic mass is 35.5. The third-order valence-electron chi connectivity index (χ3n) is 7.68. The van der Waals surface area contributed by atoms with Gasteiger partial charge in [0, 0.05) is 29.8 Å². The van der Waals surface area contributed by atoms with Gasteiger partial charge < -0.3 is 15.5 Å². The third kappa shape index (κ3) is 5.92. The minimum atomic E-state index is -0.290. The van der Waals surface area contributed by atoms with Gasteiger partial charge in [0.1, 0.15) is 6.33 Å². The Kier molecular flexibility index (Phi) is 8.38. The number of anilines is 1. The van der Waals surface area contributed by atoms with Crippen LogP contribution in [-0.2, 0) is 19.5 Å². The molecule has 3 heterocycles. The summed E-state index contributed by atoms with van der Waals surface area (Å²) in [6.07, 6.45) is 1.76. The molecule has 0 fully saturated rings. The Morgan fingerprint density at radius 2 is 1.69 bits per heavy atom. The van der Waals surface area contributed by atoms with Gasteiger partial charge in [-0.15, -0.1) is 0 Å². The van der Waals surface area contributed by atoms with Gasteiger partial charge >= 0.3 is 0 Å². The highest BCUT2D eigenvalue weighted by molar-refractivity contribution is 6.42. The van der Waals surface area contributed by atoms with Gasteiger partial charge in [0.2, 0.25) is 5.95 Å². The van der Waals surface area contributed by atoms with Crippen LogP contribution in [0.2, 0.25) is 10.0 Å². The zero-order valence-corrected chi connectivity index (χ0v) is 25.9. The summed E-state index contributed by atoms with van der Waals surface area (Å²) < 4.78 is 3.18. The molecule has 2 aromatic heterocycles. The Balaban J connectivity index is 1.39. The van der Waals surface area contributed by atoms with Crippen molar-refractivity contribution in [2.24, 2.45) is 0 Å². The number of fused-ring (bicyclic) bond motifs is 1. The number of nitrogens with one attached hydrogen (secondary N) is 2. The van der Waals surface area contributed by atoms with Gasteiger partial charge in [0.05, 0.1) is 40.2 Å². The second-order valence-corrected chi connectivity index (χ2v) is 11.3. The molecule has 13 heteroatoms. The van der Waals surface area contributed by atoms with E-state index in [-0.39, 0.29) is 47.5 Å². The molecule has 0 saturated carbocycles. The van der Waals surface area contributed by atoms with Crippen LogP contribution in [0.5, 0.6) is 0 Å². The summed E-state index contributed by atoms with van der Waals surface area (Å²) in [7, 11) is 1.56. The number of carbonyl (C=O) groups excluding carboxylic acids is 2. The molecule has 0 bridgehead atoms. The largest absolute Gasteiger partial charge is 0.355 e. The van der Waals surface area contributed by atoms with E-state index in [1.54, 1.807) is 53.0 Å². The van der Waals surface area contributed by atoms with E-state index in [1.165, 1.54) is 17.0 Å². The van der Waals surface area contributed by atoms with Crippen molar-refractivity contribution in [3.05, 3.63) is 128 Å². The molecule has 0 saturated heterocycles. The van der Waals surface area contributed by atoms with Crippen LogP contribution in [0.15, 0.2) is 83.9 Å². The first-order valence-corrected chi connectivity index (χ1v) is 14.9. The number of halogens is 2. The van der Waals surface area contributed by atoms with Crippen LogP contribution in [0.25, 0.3) is 11.4 Å². The number of aromatic nitrogens is 5. The van der Waals surface area contributed by atoms with Gasteiger partial charge in [-0.05, 0) is 67.9 Å². The molecule has 0 unspecified atom stereocenters. The lowest BCUT2D eigenvalue weighted by atomic mass is 9.98. The van der Waals surface area contributed by atoms with Crippen molar-refractivity contribution < 1.29 is 9.59 Å². The van der Waals surface area contributed by atoms with Gasteiger partial charge in [0.25, 0.3) is 17.4 Å². The summed E-state index contributed by atoms with van der Waals surface area (Å²) in [6, 6.07) is 20.7. The van der Waals surface area contributed by atoms with E-state index in [2.05, 4.69) is 20.7 Å². The van der Waals surface area contributed by atoms with Crippen LogP contribution in [0.4, 0.5) is 5.95 Å². The highest BCUT2D eigenvalue weighted by Crippen LogP contribution is 2.27. The fourth-order valence-corrected chi connectivity index (χ4v) is 5.62. The van der Waals surface area contributed by atoms with Crippen molar-refractivity contribution in [2.45, 2.75) is 32.5 Å². The van der Waals surface area contributed by atoms with Crippen LogP contribution >= 0.6 is 23.2 Å². The Morgan fingerprint density at radius 1 is 0.956 bits per heavy atom. The molecule has 5 aromatic rings. The molecular formula is C32H28Cl2N8O3. The van der Waals surface area contributed by atoms with Crippen LogP contribution in [0, 0.1) is 0 Å². The molecule has 0 aliphatic carbocycles. The fourth-order valence-electron chi connectivity index (χ4n) is 5.32. The maximum atomic E-state index is 14.2. The van der Waals surface area contributed by atoms with E-state index in [0.29, 0.717) is 45.3 Å². The van der Waals surface area contributed by atoms with Crippen LogP contribution in [-0.4, -0.2) is 54.1 Å². The minimum Gasteiger partial charge on any atom is -0.355 e. The molecule has 11 nitrogen and oxygen atoms in total. The first-order chi connectivity index (χ1) is 21.7. The van der Waals surface area contributed by atoms with Crippen molar-refractivity contribution >= 4 is 41.0 Å². The molecule has 2 N–H and O–H groups in total. The van der Waals surface area contributed by atoms with Crippen LogP contribution in [0.3, 0.4) is 0 Å². The lowest BCUT2D eigenvalue weighted by molar-refractivity contribution is 0.0653. The van der Waals surface area contributed by atoms with Crippen LogP contribution < -0.4 is 16.2 Å². The summed E-state index contributed by atoms with van der Waals surface area (Å²) in [4.78, 5) is 50.9. The van der Waals surface area contributed by atoms with E-state index in [4.69, 9.17) is 28.2 Å². The van der Waals surface area contributed by atoms with Gasteiger partial charge in [-0.3, -0.25) is 14.4 Å². The Labute approximate surface area is 268 Å². The van der Waals surface area contributed by atoms with Crippen molar-refractivity contribution in [2.75, 3.05) is 12.4 Å². The van der Waals surface area contributed by atoms with Gasteiger partial charge in [-0.25, -0.2) is 19.2 Å². The second kappa shape index (κ2) is 12.5. The number of para-hydroxylation sites is 1. The predicted octanol–water partition coefficient (Wildman–Crippen LogP) is 4.68.